The second-order valence-corrected chi connectivity index (χ2v) is 5.30. The van der Waals surface area contributed by atoms with Crippen LogP contribution in [0.15, 0.2) is 0 Å². The van der Waals surface area contributed by atoms with Crippen molar-refractivity contribution >= 4 is 0 Å². The van der Waals surface area contributed by atoms with Crippen LogP contribution in [0.3, 0.4) is 0 Å². The minimum Gasteiger partial charge on any atom is -0.305 e. The second kappa shape index (κ2) is 4.63. The predicted molar refractivity (Wildman–Crippen MR) is 60.5 cm³/mol. The molecule has 2 aliphatic rings. The van der Waals surface area contributed by atoms with E-state index in [1.807, 2.05) is 0 Å². The van der Waals surface area contributed by atoms with Gasteiger partial charge in [0.1, 0.15) is 0 Å². The van der Waals surface area contributed by atoms with E-state index in [0.717, 1.165) is 12.0 Å². The molecule has 2 heteroatoms. The smallest absolute Gasteiger partial charge is 0.0235 e. The van der Waals surface area contributed by atoms with Gasteiger partial charge in [-0.25, -0.2) is 0 Å². The normalized spacial score (nSPS) is 37.3. The summed E-state index contributed by atoms with van der Waals surface area (Å²) in [6, 6.07) is 0.862. The van der Waals surface area contributed by atoms with Gasteiger partial charge >= 0.3 is 0 Å². The Bertz CT molecular complexity index is 181. The number of likely N-dealkylation sites (tertiary alicyclic amines) is 2. The maximum Gasteiger partial charge on any atom is 0.0235 e. The zero-order valence-corrected chi connectivity index (χ0v) is 9.71. The molecular formula is C12H24N2. The van der Waals surface area contributed by atoms with Crippen LogP contribution in [0.2, 0.25) is 0 Å². The fraction of sp³-hybridized carbons (Fsp3) is 1.00. The first-order chi connectivity index (χ1) is 6.75. The molecule has 0 spiro atoms. The van der Waals surface area contributed by atoms with Gasteiger partial charge in [-0.1, -0.05) is 13.3 Å². The van der Waals surface area contributed by atoms with Crippen LogP contribution in [0.5, 0.6) is 0 Å². The van der Waals surface area contributed by atoms with Crippen molar-refractivity contribution < 1.29 is 0 Å². The summed E-state index contributed by atoms with van der Waals surface area (Å²) in [5, 5.41) is 0. The largest absolute Gasteiger partial charge is 0.305 e. The molecule has 0 amide bonds. The Morgan fingerprint density at radius 2 is 1.86 bits per heavy atom. The first-order valence-electron chi connectivity index (χ1n) is 6.18. The average molecular weight is 196 g/mol. The quantitative estimate of drug-likeness (QED) is 0.631. The average Bonchev–Trinajstić information content (AvgIpc) is 2.45. The first-order valence-corrected chi connectivity index (χ1v) is 6.18. The standard InChI is InChI=1S/C12H24N2/c1-11-5-3-4-7-14(9-11)12-6-8-13(2)10-12/h11-12H,3-10H2,1-2H3. The summed E-state index contributed by atoms with van der Waals surface area (Å²) in [5.41, 5.74) is 0. The SMILES string of the molecule is CC1CCCCN(C2CCN(C)C2)C1. The van der Waals surface area contributed by atoms with Crippen LogP contribution in [0.25, 0.3) is 0 Å². The molecule has 0 bridgehead atoms. The molecule has 0 aromatic heterocycles. The molecule has 0 N–H and O–H groups in total. The van der Waals surface area contributed by atoms with Crippen molar-refractivity contribution in [2.45, 2.75) is 38.6 Å². The summed E-state index contributed by atoms with van der Waals surface area (Å²) in [6.07, 6.45) is 5.70. The molecule has 0 aromatic carbocycles. The van der Waals surface area contributed by atoms with Gasteiger partial charge < -0.3 is 4.90 Å². The molecule has 14 heavy (non-hydrogen) atoms. The van der Waals surface area contributed by atoms with Gasteiger partial charge in [0.05, 0.1) is 0 Å². The second-order valence-electron chi connectivity index (χ2n) is 5.30. The van der Waals surface area contributed by atoms with Gasteiger partial charge in [0, 0.05) is 19.1 Å². The highest BCUT2D eigenvalue weighted by atomic mass is 15.2. The zero-order chi connectivity index (χ0) is 9.97. The monoisotopic (exact) mass is 196 g/mol. The maximum atomic E-state index is 2.75. The van der Waals surface area contributed by atoms with Gasteiger partial charge in [-0.2, -0.15) is 0 Å². The number of likely N-dealkylation sites (N-methyl/N-ethyl adjacent to an activating group) is 1. The van der Waals surface area contributed by atoms with Crippen LogP contribution in [0.1, 0.15) is 32.6 Å². The summed E-state index contributed by atoms with van der Waals surface area (Å²) < 4.78 is 0. The first kappa shape index (κ1) is 10.4. The van der Waals surface area contributed by atoms with Crippen molar-refractivity contribution in [1.29, 1.82) is 0 Å². The molecule has 2 fully saturated rings. The summed E-state index contributed by atoms with van der Waals surface area (Å²) in [7, 11) is 2.25. The third kappa shape index (κ3) is 2.48. The zero-order valence-electron chi connectivity index (χ0n) is 9.71. The van der Waals surface area contributed by atoms with E-state index in [1.165, 1.54) is 51.9 Å². The highest BCUT2D eigenvalue weighted by Crippen LogP contribution is 2.21. The molecule has 0 aromatic rings. The molecule has 2 saturated heterocycles. The number of rotatable bonds is 1. The highest BCUT2D eigenvalue weighted by molar-refractivity contribution is 4.83. The fourth-order valence-corrected chi connectivity index (χ4v) is 2.93. The van der Waals surface area contributed by atoms with Crippen molar-refractivity contribution in [3.8, 4) is 0 Å². The Balaban J connectivity index is 1.88. The minimum absolute atomic E-state index is 0.862. The number of hydrogen-bond donors (Lipinski definition) is 0. The molecule has 82 valence electrons. The van der Waals surface area contributed by atoms with Crippen LogP contribution in [-0.2, 0) is 0 Å². The Labute approximate surface area is 88.3 Å². The van der Waals surface area contributed by atoms with Crippen molar-refractivity contribution in [2.75, 3.05) is 33.2 Å². The predicted octanol–water partition coefficient (Wildman–Crippen LogP) is 1.81. The number of nitrogens with zero attached hydrogens (tertiary/aromatic N) is 2. The molecule has 2 atom stereocenters. The van der Waals surface area contributed by atoms with Crippen molar-refractivity contribution in [2.24, 2.45) is 5.92 Å². The Morgan fingerprint density at radius 3 is 2.57 bits per heavy atom. The third-order valence-corrected chi connectivity index (χ3v) is 3.82. The van der Waals surface area contributed by atoms with E-state index in [2.05, 4.69) is 23.8 Å². The van der Waals surface area contributed by atoms with Crippen LogP contribution in [0, 0.1) is 5.92 Å². The molecule has 2 heterocycles. The summed E-state index contributed by atoms with van der Waals surface area (Å²) >= 11 is 0. The Hall–Kier alpha value is -0.0800. The van der Waals surface area contributed by atoms with Crippen LogP contribution >= 0.6 is 0 Å². The molecule has 0 radical (unpaired) electrons. The van der Waals surface area contributed by atoms with E-state index >= 15 is 0 Å². The van der Waals surface area contributed by atoms with E-state index in [1.54, 1.807) is 0 Å². The molecule has 2 rings (SSSR count). The lowest BCUT2D eigenvalue weighted by Crippen LogP contribution is -2.39. The highest BCUT2D eigenvalue weighted by Gasteiger charge is 2.27. The van der Waals surface area contributed by atoms with Crippen LogP contribution < -0.4 is 0 Å². The molecule has 2 aliphatic heterocycles. The van der Waals surface area contributed by atoms with E-state index in [-0.39, 0.29) is 0 Å². The van der Waals surface area contributed by atoms with E-state index in [9.17, 15) is 0 Å². The summed E-state index contributed by atoms with van der Waals surface area (Å²) in [6.45, 7) is 7.71. The lowest BCUT2D eigenvalue weighted by molar-refractivity contribution is 0.186. The third-order valence-electron chi connectivity index (χ3n) is 3.82. The summed E-state index contributed by atoms with van der Waals surface area (Å²) in [5.74, 6) is 0.920. The van der Waals surface area contributed by atoms with Gasteiger partial charge in [-0.3, -0.25) is 4.90 Å². The molecule has 0 saturated carbocycles. The number of hydrogen-bond acceptors (Lipinski definition) is 2. The van der Waals surface area contributed by atoms with Gasteiger partial charge in [-0.05, 0) is 45.3 Å². The lowest BCUT2D eigenvalue weighted by atomic mass is 10.1. The van der Waals surface area contributed by atoms with E-state index in [0.29, 0.717) is 0 Å². The molecule has 0 aliphatic carbocycles. The maximum absolute atomic E-state index is 2.75. The van der Waals surface area contributed by atoms with Gasteiger partial charge in [-0.15, -0.1) is 0 Å². The van der Waals surface area contributed by atoms with Gasteiger partial charge in [0.15, 0.2) is 0 Å². The minimum atomic E-state index is 0.862. The van der Waals surface area contributed by atoms with Crippen molar-refractivity contribution in [1.82, 2.24) is 9.80 Å². The van der Waals surface area contributed by atoms with Gasteiger partial charge in [0.25, 0.3) is 0 Å². The Kier molecular flexibility index (Phi) is 3.45. The fourth-order valence-electron chi connectivity index (χ4n) is 2.93. The van der Waals surface area contributed by atoms with Gasteiger partial charge in [0.2, 0.25) is 0 Å². The lowest BCUT2D eigenvalue weighted by Gasteiger charge is -2.28. The van der Waals surface area contributed by atoms with Crippen molar-refractivity contribution in [3.63, 3.8) is 0 Å². The van der Waals surface area contributed by atoms with Crippen molar-refractivity contribution in [3.05, 3.63) is 0 Å². The van der Waals surface area contributed by atoms with Crippen LogP contribution in [0.4, 0.5) is 0 Å². The topological polar surface area (TPSA) is 6.48 Å². The molecule has 2 nitrogen and oxygen atoms in total. The van der Waals surface area contributed by atoms with Crippen LogP contribution in [-0.4, -0.2) is 49.1 Å². The molecular weight excluding hydrogens is 172 g/mol. The Morgan fingerprint density at radius 1 is 1.00 bits per heavy atom. The molecule has 2 unspecified atom stereocenters. The van der Waals surface area contributed by atoms with E-state index < -0.39 is 0 Å². The summed E-state index contributed by atoms with van der Waals surface area (Å²) in [4.78, 5) is 5.22. The van der Waals surface area contributed by atoms with E-state index in [4.69, 9.17) is 0 Å².